The van der Waals surface area contributed by atoms with E-state index in [1.807, 2.05) is 30.3 Å². The van der Waals surface area contributed by atoms with Crippen molar-refractivity contribution in [2.45, 2.75) is 57.3 Å². The number of hydrogen-bond acceptors (Lipinski definition) is 7. The van der Waals surface area contributed by atoms with Crippen molar-refractivity contribution >= 4 is 56.6 Å². The summed E-state index contributed by atoms with van der Waals surface area (Å²) < 4.78 is 1.74. The number of nitrogens with zero attached hydrogens (tertiary/aromatic N) is 2. The molecule has 3 saturated carbocycles. The molecule has 3 aliphatic carbocycles. The summed E-state index contributed by atoms with van der Waals surface area (Å²) in [7, 11) is 0. The number of nitrogens with one attached hydrogen (secondary N) is 4. The Hall–Kier alpha value is -4.10. The van der Waals surface area contributed by atoms with Crippen molar-refractivity contribution in [3.05, 3.63) is 91.7 Å². The summed E-state index contributed by atoms with van der Waals surface area (Å²) in [6, 6.07) is 11.5. The smallest absolute Gasteiger partial charge is 0.280 e. The quantitative estimate of drug-likeness (QED) is 0.203. The van der Waals surface area contributed by atoms with Crippen molar-refractivity contribution in [1.29, 1.82) is 0 Å². The monoisotopic (exact) mass is 680 g/mol. The highest BCUT2D eigenvalue weighted by atomic mass is 79.9. The van der Waals surface area contributed by atoms with Crippen molar-refractivity contribution in [3.8, 4) is 0 Å². The lowest BCUT2D eigenvalue weighted by Gasteiger charge is -2.67. The molecule has 11 nitrogen and oxygen atoms in total. The van der Waals surface area contributed by atoms with Crippen molar-refractivity contribution in [3.63, 3.8) is 0 Å². The first kappa shape index (κ1) is 31.3. The zero-order chi connectivity index (χ0) is 31.3. The van der Waals surface area contributed by atoms with Gasteiger partial charge in [-0.05, 0) is 77.2 Å². The maximum absolute atomic E-state index is 13.4. The molecular weight excluding hydrogens is 648 g/mol. The third-order valence-electron chi connectivity index (χ3n) is 8.30. The molecule has 2 bridgehead atoms. The molecule has 4 amide bonds. The molecule has 2 aromatic heterocycles. The van der Waals surface area contributed by atoms with Gasteiger partial charge in [-0.2, -0.15) is 0 Å². The molecule has 0 spiro atoms. The van der Waals surface area contributed by atoms with Gasteiger partial charge in [0.15, 0.2) is 5.01 Å². The van der Waals surface area contributed by atoms with Crippen LogP contribution < -0.4 is 26.8 Å². The van der Waals surface area contributed by atoms with Gasteiger partial charge >= 0.3 is 0 Å². The molecule has 0 saturated heterocycles. The van der Waals surface area contributed by atoms with Gasteiger partial charge in [0.05, 0.1) is 0 Å². The second kappa shape index (κ2) is 13.7. The van der Waals surface area contributed by atoms with Crippen molar-refractivity contribution in [1.82, 2.24) is 25.5 Å². The minimum Gasteiger partial charge on any atom is -0.349 e. The average molecular weight is 682 g/mol. The Kier molecular flexibility index (Phi) is 9.74. The fraction of sp³-hybridized carbons (Fsp3) is 0.355. The summed E-state index contributed by atoms with van der Waals surface area (Å²) in [6.45, 7) is 2.34. The maximum Gasteiger partial charge on any atom is 0.280 e. The SMILES string of the molecule is C[C@H]1C2CC1(NC(=O)Cn1cccc(NC(=O)[C@H](CC/C=C/C(=O)NCc3ccccc3)NC(=O)c3nc(Br)cs3)c1=O)C2. The van der Waals surface area contributed by atoms with Gasteiger partial charge in [-0.25, -0.2) is 4.98 Å². The van der Waals surface area contributed by atoms with Gasteiger partial charge in [0.2, 0.25) is 17.7 Å². The minimum atomic E-state index is -1.04. The zero-order valence-corrected chi connectivity index (χ0v) is 26.4. The van der Waals surface area contributed by atoms with Crippen LogP contribution in [0.5, 0.6) is 0 Å². The van der Waals surface area contributed by atoms with Crippen LogP contribution in [0.2, 0.25) is 0 Å². The molecule has 230 valence electrons. The van der Waals surface area contributed by atoms with Crippen LogP contribution in [0, 0.1) is 11.8 Å². The Balaban J connectivity index is 1.20. The van der Waals surface area contributed by atoms with E-state index in [2.05, 4.69) is 49.1 Å². The van der Waals surface area contributed by atoms with E-state index in [0.717, 1.165) is 29.7 Å². The molecule has 0 aliphatic heterocycles. The summed E-state index contributed by atoms with van der Waals surface area (Å²) in [6.07, 6.45) is 6.89. The van der Waals surface area contributed by atoms with Crippen LogP contribution in [0.3, 0.4) is 0 Å². The predicted octanol–water partition coefficient (Wildman–Crippen LogP) is 3.37. The first-order chi connectivity index (χ1) is 21.1. The minimum absolute atomic E-state index is 0.0174. The molecule has 2 atom stereocenters. The number of anilines is 1. The number of thiazole rings is 1. The Bertz CT molecular complexity index is 1630. The summed E-state index contributed by atoms with van der Waals surface area (Å²) >= 11 is 4.33. The third-order valence-corrected chi connectivity index (χ3v) is 9.86. The van der Waals surface area contributed by atoms with Crippen molar-refractivity contribution < 1.29 is 19.2 Å². The molecule has 4 N–H and O–H groups in total. The maximum atomic E-state index is 13.4. The number of aromatic nitrogens is 2. The van der Waals surface area contributed by atoms with Gasteiger partial charge in [-0.1, -0.05) is 43.3 Å². The number of halogens is 1. The molecule has 0 radical (unpaired) electrons. The number of hydrogen-bond donors (Lipinski definition) is 4. The second-order valence-corrected chi connectivity index (χ2v) is 12.9. The fourth-order valence-corrected chi connectivity index (χ4v) is 6.69. The summed E-state index contributed by atoms with van der Waals surface area (Å²) in [5.41, 5.74) is 0.265. The normalized spacial score (nSPS) is 20.6. The molecule has 3 fully saturated rings. The zero-order valence-electron chi connectivity index (χ0n) is 24.0. The molecular formula is C31H33BrN6O5S. The highest BCUT2D eigenvalue weighted by molar-refractivity contribution is 9.10. The van der Waals surface area contributed by atoms with E-state index in [9.17, 15) is 24.0 Å². The number of allylic oxidation sites excluding steroid dienone is 1. The van der Waals surface area contributed by atoms with Crippen LogP contribution in [0.1, 0.15) is 48.0 Å². The molecule has 2 heterocycles. The number of benzene rings is 1. The molecule has 3 aromatic rings. The van der Waals surface area contributed by atoms with Crippen molar-refractivity contribution in [2.75, 3.05) is 5.32 Å². The van der Waals surface area contributed by atoms with E-state index < -0.39 is 23.4 Å². The van der Waals surface area contributed by atoms with Crippen LogP contribution in [-0.4, -0.2) is 44.8 Å². The van der Waals surface area contributed by atoms with Crippen LogP contribution in [0.4, 0.5) is 5.69 Å². The van der Waals surface area contributed by atoms with E-state index in [0.29, 0.717) is 29.4 Å². The van der Waals surface area contributed by atoms with Crippen LogP contribution in [-0.2, 0) is 27.5 Å². The third kappa shape index (κ3) is 7.33. The Morgan fingerprint density at radius 2 is 1.93 bits per heavy atom. The lowest BCUT2D eigenvalue weighted by atomic mass is 9.43. The van der Waals surface area contributed by atoms with E-state index >= 15 is 0 Å². The number of rotatable bonds is 13. The topological polar surface area (TPSA) is 151 Å². The summed E-state index contributed by atoms with van der Waals surface area (Å²) in [5.74, 6) is -0.573. The van der Waals surface area contributed by atoms with Gasteiger partial charge in [0.25, 0.3) is 11.5 Å². The molecule has 0 unspecified atom stereocenters. The molecule has 1 aromatic carbocycles. The Morgan fingerprint density at radius 3 is 2.59 bits per heavy atom. The van der Waals surface area contributed by atoms with E-state index in [1.54, 1.807) is 17.5 Å². The molecule has 6 rings (SSSR count). The standard InChI is InChI=1S/C31H33BrN6O5S/c1-19-21-14-31(19,15-21)37-26(40)17-38-13-7-11-23(30(38)43)35-27(41)22(34-28(42)29-36-24(32)18-44-29)10-5-6-12-25(39)33-16-20-8-3-2-4-9-20/h2-4,6-9,11-13,18-19,21-22H,5,10,14-17H2,1H3,(H,33,39)(H,34,42)(H,35,41)(H,37,40)/b12-6+/t19-,21?,22-,31?/m0/s1. The predicted molar refractivity (Wildman–Crippen MR) is 170 cm³/mol. The van der Waals surface area contributed by atoms with Gasteiger partial charge in [0.1, 0.15) is 22.9 Å². The fourth-order valence-electron chi connectivity index (χ4n) is 5.54. The van der Waals surface area contributed by atoms with Crippen LogP contribution >= 0.6 is 27.3 Å². The number of carbonyl (C=O) groups excluding carboxylic acids is 4. The van der Waals surface area contributed by atoms with Crippen LogP contribution in [0.25, 0.3) is 0 Å². The van der Waals surface area contributed by atoms with Gasteiger partial charge < -0.3 is 25.8 Å². The van der Waals surface area contributed by atoms with Crippen molar-refractivity contribution in [2.24, 2.45) is 11.8 Å². The first-order valence-corrected chi connectivity index (χ1v) is 16.0. The number of amides is 4. The average Bonchev–Trinajstić information content (AvgIpc) is 3.44. The lowest BCUT2D eigenvalue weighted by molar-refractivity contribution is -0.151. The van der Waals surface area contributed by atoms with Gasteiger partial charge in [0, 0.05) is 23.7 Å². The second-order valence-electron chi connectivity index (χ2n) is 11.2. The van der Waals surface area contributed by atoms with Crippen LogP contribution in [0.15, 0.2) is 75.6 Å². The Labute approximate surface area is 266 Å². The molecule has 3 aliphatic rings. The number of pyridine rings is 1. The van der Waals surface area contributed by atoms with E-state index in [-0.39, 0.29) is 41.0 Å². The van der Waals surface area contributed by atoms with E-state index in [4.69, 9.17) is 0 Å². The van der Waals surface area contributed by atoms with Gasteiger partial charge in [-0.15, -0.1) is 11.3 Å². The highest BCUT2D eigenvalue weighted by Crippen LogP contribution is 2.61. The summed E-state index contributed by atoms with van der Waals surface area (Å²) in [4.78, 5) is 68.4. The molecule has 13 heteroatoms. The van der Waals surface area contributed by atoms with Gasteiger partial charge in [-0.3, -0.25) is 24.0 Å². The number of carbonyl (C=O) groups is 4. The summed E-state index contributed by atoms with van der Waals surface area (Å²) in [5, 5.41) is 13.0. The lowest BCUT2D eigenvalue weighted by Crippen LogP contribution is -2.74. The highest BCUT2D eigenvalue weighted by Gasteiger charge is 2.63. The Morgan fingerprint density at radius 1 is 1.16 bits per heavy atom. The largest absolute Gasteiger partial charge is 0.349 e. The van der Waals surface area contributed by atoms with E-state index in [1.165, 1.54) is 22.9 Å². The molecule has 44 heavy (non-hydrogen) atoms. The first-order valence-electron chi connectivity index (χ1n) is 14.3.